The number of amides is 7. The molecule has 0 unspecified atom stereocenters. The SMILES string of the molecule is CCC(=O)N1c2ccccc2[C@H](N(C(=O)OCc2ccc(NC(=O)[C@@H]3CCCN3C(=O)CNC(=O)OC(C)(C)C)cc2)c2ccc(NC(=O)CNC(=O)OCC3c4ccccc4-c4ccccc43)cc2)C[C@@H]1C. The van der Waals surface area contributed by atoms with E-state index in [2.05, 4.69) is 33.4 Å². The lowest BCUT2D eigenvalue weighted by Crippen LogP contribution is -2.47. The lowest BCUT2D eigenvalue weighted by Gasteiger charge is -2.43. The first kappa shape index (κ1) is 51.2. The van der Waals surface area contributed by atoms with E-state index in [0.717, 1.165) is 27.8 Å². The van der Waals surface area contributed by atoms with Crippen molar-refractivity contribution in [1.29, 1.82) is 0 Å². The van der Waals surface area contributed by atoms with Crippen LogP contribution in [0.1, 0.15) is 94.5 Å². The van der Waals surface area contributed by atoms with Gasteiger partial charge in [0.25, 0.3) is 0 Å². The summed E-state index contributed by atoms with van der Waals surface area (Å²) in [5.74, 6) is -1.41. The van der Waals surface area contributed by atoms with E-state index in [-0.39, 0.29) is 50.1 Å². The molecule has 3 atom stereocenters. The van der Waals surface area contributed by atoms with Crippen molar-refractivity contribution >= 4 is 64.7 Å². The molecule has 1 aliphatic carbocycles. The van der Waals surface area contributed by atoms with Crippen molar-refractivity contribution in [3.63, 3.8) is 0 Å². The molecular formula is C56H61N7O10. The summed E-state index contributed by atoms with van der Waals surface area (Å²) in [4.78, 5) is 96.8. The van der Waals surface area contributed by atoms with Crippen LogP contribution in [0.3, 0.4) is 0 Å². The molecule has 17 nitrogen and oxygen atoms in total. The average Bonchev–Trinajstić information content (AvgIpc) is 4.00. The van der Waals surface area contributed by atoms with Gasteiger partial charge in [-0.25, -0.2) is 14.4 Å². The van der Waals surface area contributed by atoms with E-state index in [0.29, 0.717) is 60.5 Å². The van der Waals surface area contributed by atoms with Crippen molar-refractivity contribution in [2.75, 3.05) is 46.7 Å². The molecule has 2 heterocycles. The monoisotopic (exact) mass is 991 g/mol. The standard InChI is InChI=1S/C56H61N7O10/c1-6-50(65)62-35(2)30-48(44-18-11-12-19-46(44)62)63(55(70)72-33-36-21-23-38(24-22-36)60-52(67)47-20-13-29-61(47)51(66)32-58-54(69)73-56(3,4)5)39-27-25-37(26-28-39)59-49(64)31-57-53(68)71-34-45-42-16-9-7-14-40(42)41-15-8-10-17-43(41)45/h7-12,14-19,21-28,35,45,47-48H,6,13,20,29-34H2,1-5H3,(H,57,68)(H,58,69)(H,59,64)(H,60,67)/t35-,47-,48+/m0/s1. The summed E-state index contributed by atoms with van der Waals surface area (Å²) >= 11 is 0. The van der Waals surface area contributed by atoms with E-state index in [4.69, 9.17) is 14.2 Å². The highest BCUT2D eigenvalue weighted by Crippen LogP contribution is 2.45. The molecule has 0 bridgehead atoms. The van der Waals surface area contributed by atoms with Crippen LogP contribution in [0, 0.1) is 0 Å². The van der Waals surface area contributed by atoms with Gasteiger partial charge in [-0.05, 0) is 123 Å². The molecule has 0 spiro atoms. The third-order valence-corrected chi connectivity index (χ3v) is 13.0. The van der Waals surface area contributed by atoms with E-state index < -0.39 is 47.8 Å². The Kier molecular flexibility index (Phi) is 15.7. The number of hydrogen-bond donors (Lipinski definition) is 4. The van der Waals surface area contributed by atoms with Crippen molar-refractivity contribution in [3.05, 3.63) is 144 Å². The molecular weight excluding hydrogens is 931 g/mol. The first-order valence-electron chi connectivity index (χ1n) is 24.6. The van der Waals surface area contributed by atoms with Crippen LogP contribution in [-0.4, -0.2) is 90.7 Å². The Bertz CT molecular complexity index is 2820. The fourth-order valence-corrected chi connectivity index (χ4v) is 9.73. The first-order chi connectivity index (χ1) is 35.1. The third-order valence-electron chi connectivity index (χ3n) is 13.0. The number of likely N-dealkylation sites (tertiary alicyclic amines) is 1. The molecule has 1 saturated heterocycles. The van der Waals surface area contributed by atoms with Gasteiger partial charge in [0.05, 0.1) is 6.04 Å². The summed E-state index contributed by atoms with van der Waals surface area (Å²) in [6, 6.07) is 35.5. The molecule has 380 valence electrons. The Morgan fingerprint density at radius 2 is 1.29 bits per heavy atom. The Balaban J connectivity index is 0.899. The van der Waals surface area contributed by atoms with Crippen LogP contribution >= 0.6 is 0 Å². The van der Waals surface area contributed by atoms with Crippen LogP contribution in [0.4, 0.5) is 37.1 Å². The minimum absolute atomic E-state index is 0.0398. The van der Waals surface area contributed by atoms with Gasteiger partial charge in [0.2, 0.25) is 23.6 Å². The van der Waals surface area contributed by atoms with Gasteiger partial charge in [-0.15, -0.1) is 0 Å². The number of rotatable bonds is 14. The van der Waals surface area contributed by atoms with Crippen molar-refractivity contribution in [3.8, 4) is 11.1 Å². The molecule has 0 radical (unpaired) electrons. The number of nitrogens with one attached hydrogen (secondary N) is 4. The predicted octanol–water partition coefficient (Wildman–Crippen LogP) is 9.04. The lowest BCUT2D eigenvalue weighted by atomic mass is 9.90. The van der Waals surface area contributed by atoms with Crippen molar-refractivity contribution < 1.29 is 47.8 Å². The van der Waals surface area contributed by atoms with E-state index in [1.54, 1.807) is 79.1 Å². The van der Waals surface area contributed by atoms with Crippen LogP contribution < -0.4 is 31.1 Å². The third kappa shape index (κ3) is 12.1. The van der Waals surface area contributed by atoms with E-state index >= 15 is 0 Å². The van der Waals surface area contributed by atoms with Crippen LogP contribution in [0.15, 0.2) is 121 Å². The second-order valence-electron chi connectivity index (χ2n) is 19.3. The van der Waals surface area contributed by atoms with E-state index in [1.165, 1.54) is 4.90 Å². The summed E-state index contributed by atoms with van der Waals surface area (Å²) in [6.45, 7) is 8.65. The Labute approximate surface area is 424 Å². The zero-order valence-corrected chi connectivity index (χ0v) is 41.6. The maximum atomic E-state index is 14.4. The zero-order valence-electron chi connectivity index (χ0n) is 41.6. The topological polar surface area (TPSA) is 205 Å². The average molecular weight is 992 g/mol. The molecule has 7 amide bonds. The van der Waals surface area contributed by atoms with Crippen LogP contribution in [0.5, 0.6) is 0 Å². The number of fused-ring (bicyclic) bond motifs is 4. The minimum atomic E-state index is -0.723. The van der Waals surface area contributed by atoms with Gasteiger partial charge >= 0.3 is 18.3 Å². The quantitative estimate of drug-likeness (QED) is 0.0777. The molecule has 5 aromatic carbocycles. The number of nitrogens with zero attached hydrogens (tertiary/aromatic N) is 3. The Morgan fingerprint density at radius 1 is 0.685 bits per heavy atom. The number of benzene rings is 5. The summed E-state index contributed by atoms with van der Waals surface area (Å²) in [5.41, 5.74) is 7.12. The summed E-state index contributed by atoms with van der Waals surface area (Å²) in [5, 5.41) is 10.7. The van der Waals surface area contributed by atoms with E-state index in [1.807, 2.05) is 74.5 Å². The zero-order chi connectivity index (χ0) is 51.8. The number of hydrogen-bond acceptors (Lipinski definition) is 10. The number of carbonyl (C=O) groups excluding carboxylic acids is 7. The normalized spacial score (nSPS) is 16.8. The Hall–Kier alpha value is -8.21. The highest BCUT2D eigenvalue weighted by atomic mass is 16.6. The smallest absolute Gasteiger partial charge is 0.415 e. The molecule has 0 aromatic heterocycles. The molecule has 2 aliphatic heterocycles. The predicted molar refractivity (Wildman–Crippen MR) is 276 cm³/mol. The van der Waals surface area contributed by atoms with Gasteiger partial charge in [-0.1, -0.05) is 85.8 Å². The second kappa shape index (κ2) is 22.5. The van der Waals surface area contributed by atoms with Crippen LogP contribution in [0.25, 0.3) is 11.1 Å². The van der Waals surface area contributed by atoms with Crippen LogP contribution in [0.2, 0.25) is 0 Å². The molecule has 5 aromatic rings. The Morgan fingerprint density at radius 3 is 1.95 bits per heavy atom. The molecule has 17 heteroatoms. The number of ether oxygens (including phenoxy) is 3. The van der Waals surface area contributed by atoms with Gasteiger partial charge in [0, 0.05) is 47.7 Å². The molecule has 8 rings (SSSR count). The van der Waals surface area contributed by atoms with Crippen molar-refractivity contribution in [2.24, 2.45) is 0 Å². The van der Waals surface area contributed by atoms with Gasteiger partial charge < -0.3 is 45.3 Å². The minimum Gasteiger partial charge on any atom is -0.449 e. The van der Waals surface area contributed by atoms with Crippen LogP contribution in [-0.2, 0) is 40.0 Å². The van der Waals surface area contributed by atoms with Gasteiger partial charge in [0.15, 0.2) is 0 Å². The van der Waals surface area contributed by atoms with Gasteiger partial charge in [-0.2, -0.15) is 0 Å². The largest absolute Gasteiger partial charge is 0.449 e. The maximum absolute atomic E-state index is 14.4. The highest BCUT2D eigenvalue weighted by Gasteiger charge is 2.39. The number of alkyl carbamates (subject to hydrolysis) is 2. The fraction of sp³-hybridized carbons (Fsp3) is 0.339. The van der Waals surface area contributed by atoms with E-state index in [9.17, 15) is 33.6 Å². The van der Waals surface area contributed by atoms with Crippen molar-refractivity contribution in [2.45, 2.75) is 96.6 Å². The number of para-hydroxylation sites is 1. The second-order valence-corrected chi connectivity index (χ2v) is 19.3. The summed E-state index contributed by atoms with van der Waals surface area (Å²) < 4.78 is 16.8. The molecule has 4 N–H and O–H groups in total. The molecule has 73 heavy (non-hydrogen) atoms. The van der Waals surface area contributed by atoms with Gasteiger partial charge in [0.1, 0.15) is 37.9 Å². The maximum Gasteiger partial charge on any atom is 0.415 e. The summed E-state index contributed by atoms with van der Waals surface area (Å²) in [6.07, 6.45) is -0.301. The summed E-state index contributed by atoms with van der Waals surface area (Å²) in [7, 11) is 0. The van der Waals surface area contributed by atoms with Gasteiger partial charge in [-0.3, -0.25) is 24.1 Å². The van der Waals surface area contributed by atoms with Crippen molar-refractivity contribution in [1.82, 2.24) is 15.5 Å². The molecule has 1 fully saturated rings. The number of anilines is 4. The first-order valence-corrected chi connectivity index (χ1v) is 24.6. The highest BCUT2D eigenvalue weighted by molar-refractivity contribution is 5.99. The number of carbonyl (C=O) groups is 7. The lowest BCUT2D eigenvalue weighted by molar-refractivity contribution is -0.135. The molecule has 3 aliphatic rings. The fourth-order valence-electron chi connectivity index (χ4n) is 9.73. The molecule has 0 saturated carbocycles.